The lowest BCUT2D eigenvalue weighted by atomic mass is 10.1. The fourth-order valence-electron chi connectivity index (χ4n) is 1.84. The summed E-state index contributed by atoms with van der Waals surface area (Å²) in [5.41, 5.74) is 1.52. The zero-order valence-electron chi connectivity index (χ0n) is 12.0. The molecule has 1 aromatic heterocycles. The second kappa shape index (κ2) is 6.69. The maximum atomic E-state index is 11.9. The van der Waals surface area contributed by atoms with Crippen LogP contribution < -0.4 is 10.6 Å². The fraction of sp³-hybridized carbons (Fsp3) is 0.267. The topological polar surface area (TPSA) is 84.2 Å². The van der Waals surface area contributed by atoms with E-state index in [1.807, 2.05) is 25.1 Å². The van der Waals surface area contributed by atoms with Crippen molar-refractivity contribution in [3.8, 4) is 0 Å². The van der Waals surface area contributed by atoms with Crippen molar-refractivity contribution in [3.63, 3.8) is 0 Å². The third kappa shape index (κ3) is 4.17. The lowest BCUT2D eigenvalue weighted by Gasteiger charge is -2.07. The first kappa shape index (κ1) is 14.8. The number of aromatic nitrogens is 1. The molecule has 1 aromatic carbocycles. The van der Waals surface area contributed by atoms with Crippen molar-refractivity contribution < 1.29 is 14.1 Å². The Labute approximate surface area is 122 Å². The van der Waals surface area contributed by atoms with E-state index in [1.165, 1.54) is 0 Å². The number of hydrogen-bond donors (Lipinski definition) is 2. The largest absolute Gasteiger partial charge is 0.360 e. The molecule has 0 saturated heterocycles. The first-order valence-corrected chi connectivity index (χ1v) is 6.63. The maximum absolute atomic E-state index is 11.9. The van der Waals surface area contributed by atoms with E-state index in [2.05, 4.69) is 15.8 Å². The quantitative estimate of drug-likeness (QED) is 0.881. The van der Waals surface area contributed by atoms with E-state index < -0.39 is 0 Å². The highest BCUT2D eigenvalue weighted by Gasteiger charge is 2.09. The SMILES string of the molecule is Cc1cc(NC(=O)CCNC(=O)c2ccccc2C)no1. The third-order valence-electron chi connectivity index (χ3n) is 2.92. The summed E-state index contributed by atoms with van der Waals surface area (Å²) in [7, 11) is 0. The van der Waals surface area contributed by atoms with E-state index >= 15 is 0 Å². The van der Waals surface area contributed by atoms with Crippen molar-refractivity contribution in [2.45, 2.75) is 20.3 Å². The molecule has 0 aliphatic carbocycles. The van der Waals surface area contributed by atoms with Crippen LogP contribution in [-0.4, -0.2) is 23.5 Å². The van der Waals surface area contributed by atoms with Crippen LogP contribution in [0.4, 0.5) is 5.82 Å². The second-order valence-electron chi connectivity index (χ2n) is 4.69. The first-order chi connectivity index (χ1) is 10.1. The number of nitrogens with zero attached hydrogens (tertiary/aromatic N) is 1. The summed E-state index contributed by atoms with van der Waals surface area (Å²) in [6.45, 7) is 3.87. The van der Waals surface area contributed by atoms with E-state index in [0.29, 0.717) is 17.1 Å². The number of amides is 2. The van der Waals surface area contributed by atoms with Gasteiger partial charge in [-0.05, 0) is 25.5 Å². The third-order valence-corrected chi connectivity index (χ3v) is 2.92. The van der Waals surface area contributed by atoms with Gasteiger partial charge in [0, 0.05) is 24.6 Å². The minimum atomic E-state index is -0.228. The van der Waals surface area contributed by atoms with E-state index in [0.717, 1.165) is 5.56 Å². The average Bonchev–Trinajstić information content (AvgIpc) is 2.84. The molecular weight excluding hydrogens is 270 g/mol. The average molecular weight is 287 g/mol. The summed E-state index contributed by atoms with van der Waals surface area (Å²) >= 11 is 0. The predicted octanol–water partition coefficient (Wildman–Crippen LogP) is 2.05. The van der Waals surface area contributed by atoms with Crippen LogP contribution in [0.5, 0.6) is 0 Å². The van der Waals surface area contributed by atoms with Crippen LogP contribution in [0.1, 0.15) is 28.1 Å². The number of carbonyl (C=O) groups excluding carboxylic acids is 2. The molecule has 0 aliphatic heterocycles. The van der Waals surface area contributed by atoms with Crippen LogP contribution in [-0.2, 0) is 4.79 Å². The minimum Gasteiger partial charge on any atom is -0.360 e. The van der Waals surface area contributed by atoms with Gasteiger partial charge in [0.25, 0.3) is 5.91 Å². The van der Waals surface area contributed by atoms with Gasteiger partial charge in [-0.2, -0.15) is 0 Å². The van der Waals surface area contributed by atoms with Crippen LogP contribution in [0, 0.1) is 13.8 Å². The number of rotatable bonds is 5. The normalized spacial score (nSPS) is 10.2. The zero-order valence-corrected chi connectivity index (χ0v) is 12.0. The maximum Gasteiger partial charge on any atom is 0.251 e. The molecular formula is C15H17N3O3. The minimum absolute atomic E-state index is 0.170. The van der Waals surface area contributed by atoms with Gasteiger partial charge in [-0.25, -0.2) is 0 Å². The molecule has 0 saturated carbocycles. The van der Waals surface area contributed by atoms with Gasteiger partial charge in [-0.15, -0.1) is 0 Å². The van der Waals surface area contributed by atoms with Gasteiger partial charge in [0.15, 0.2) is 5.82 Å². The Kier molecular flexibility index (Phi) is 4.71. The smallest absolute Gasteiger partial charge is 0.251 e. The Hall–Kier alpha value is -2.63. The van der Waals surface area contributed by atoms with Crippen molar-refractivity contribution in [1.82, 2.24) is 10.5 Å². The summed E-state index contributed by atoms with van der Waals surface area (Å²) < 4.78 is 4.84. The van der Waals surface area contributed by atoms with Crippen LogP contribution in [0.2, 0.25) is 0 Å². The van der Waals surface area contributed by atoms with E-state index in [4.69, 9.17) is 4.52 Å². The molecule has 0 aliphatic rings. The van der Waals surface area contributed by atoms with Gasteiger partial charge in [0.2, 0.25) is 5.91 Å². The molecule has 0 fully saturated rings. The molecule has 2 N–H and O–H groups in total. The molecule has 0 radical (unpaired) electrons. The van der Waals surface area contributed by atoms with Crippen molar-refractivity contribution in [1.29, 1.82) is 0 Å². The molecule has 21 heavy (non-hydrogen) atoms. The Bertz CT molecular complexity index is 649. The van der Waals surface area contributed by atoms with Crippen molar-refractivity contribution in [3.05, 3.63) is 47.2 Å². The van der Waals surface area contributed by atoms with Gasteiger partial charge in [0.1, 0.15) is 5.76 Å². The van der Waals surface area contributed by atoms with Gasteiger partial charge in [-0.1, -0.05) is 23.4 Å². The number of benzene rings is 1. The van der Waals surface area contributed by atoms with Crippen molar-refractivity contribution in [2.75, 3.05) is 11.9 Å². The summed E-state index contributed by atoms with van der Waals surface area (Å²) in [6.07, 6.45) is 0.170. The summed E-state index contributed by atoms with van der Waals surface area (Å²) in [6, 6.07) is 8.93. The van der Waals surface area contributed by atoms with Gasteiger partial charge in [-0.3, -0.25) is 9.59 Å². The van der Waals surface area contributed by atoms with Crippen molar-refractivity contribution in [2.24, 2.45) is 0 Å². The highest BCUT2D eigenvalue weighted by atomic mass is 16.5. The number of hydrogen-bond acceptors (Lipinski definition) is 4. The lowest BCUT2D eigenvalue weighted by molar-refractivity contribution is -0.116. The van der Waals surface area contributed by atoms with Crippen LogP contribution in [0.15, 0.2) is 34.9 Å². The number of carbonyl (C=O) groups is 2. The molecule has 2 aromatic rings. The molecule has 110 valence electrons. The van der Waals surface area contributed by atoms with Gasteiger partial charge >= 0.3 is 0 Å². The standard InChI is InChI=1S/C15H17N3O3/c1-10-5-3-4-6-12(10)15(20)16-8-7-14(19)17-13-9-11(2)21-18-13/h3-6,9H,7-8H2,1-2H3,(H,16,20)(H,17,18,19). The zero-order chi connectivity index (χ0) is 15.2. The molecule has 0 unspecified atom stereocenters. The number of aryl methyl sites for hydroxylation is 2. The Morgan fingerprint density at radius 3 is 2.67 bits per heavy atom. The molecule has 2 rings (SSSR count). The predicted molar refractivity (Wildman–Crippen MR) is 78.0 cm³/mol. The summed E-state index contributed by atoms with van der Waals surface area (Å²) in [4.78, 5) is 23.6. The van der Waals surface area contributed by atoms with Gasteiger partial charge in [0.05, 0.1) is 0 Å². The van der Waals surface area contributed by atoms with Gasteiger partial charge < -0.3 is 15.2 Å². The Morgan fingerprint density at radius 2 is 2.00 bits per heavy atom. The highest BCUT2D eigenvalue weighted by Crippen LogP contribution is 2.08. The highest BCUT2D eigenvalue weighted by molar-refractivity contribution is 5.96. The van der Waals surface area contributed by atoms with E-state index in [1.54, 1.807) is 19.1 Å². The molecule has 0 bridgehead atoms. The second-order valence-corrected chi connectivity index (χ2v) is 4.69. The molecule has 0 spiro atoms. The van der Waals surface area contributed by atoms with Crippen LogP contribution in [0.25, 0.3) is 0 Å². The lowest BCUT2D eigenvalue weighted by Crippen LogP contribution is -2.28. The number of nitrogens with one attached hydrogen (secondary N) is 2. The first-order valence-electron chi connectivity index (χ1n) is 6.63. The Balaban J connectivity index is 1.77. The monoisotopic (exact) mass is 287 g/mol. The van der Waals surface area contributed by atoms with Crippen molar-refractivity contribution >= 4 is 17.6 Å². The fourth-order valence-corrected chi connectivity index (χ4v) is 1.84. The molecule has 0 atom stereocenters. The van der Waals surface area contributed by atoms with E-state index in [9.17, 15) is 9.59 Å². The molecule has 2 amide bonds. The van der Waals surface area contributed by atoms with E-state index in [-0.39, 0.29) is 24.8 Å². The summed E-state index contributed by atoms with van der Waals surface area (Å²) in [5, 5.41) is 8.97. The summed E-state index contributed by atoms with van der Waals surface area (Å²) in [5.74, 6) is 0.590. The number of anilines is 1. The molecule has 6 nitrogen and oxygen atoms in total. The Morgan fingerprint density at radius 1 is 1.24 bits per heavy atom. The van der Waals surface area contributed by atoms with Crippen LogP contribution in [0.3, 0.4) is 0 Å². The van der Waals surface area contributed by atoms with Crippen LogP contribution >= 0.6 is 0 Å². The molecule has 6 heteroatoms. The molecule has 1 heterocycles.